The van der Waals surface area contributed by atoms with Gasteiger partial charge in [0.05, 0.1) is 19.9 Å². The topological polar surface area (TPSA) is 70.4 Å². The highest BCUT2D eigenvalue weighted by molar-refractivity contribution is 5.85. The summed E-state index contributed by atoms with van der Waals surface area (Å²) < 4.78 is 33.1. The van der Waals surface area contributed by atoms with Crippen molar-refractivity contribution in [1.29, 1.82) is 0 Å². The summed E-state index contributed by atoms with van der Waals surface area (Å²) in [6.45, 7) is 0. The van der Waals surface area contributed by atoms with Crippen LogP contribution in [0.1, 0.15) is 28.8 Å². The minimum Gasteiger partial charge on any atom is -0.493 e. The second kappa shape index (κ2) is 7.91. The van der Waals surface area contributed by atoms with E-state index in [0.29, 0.717) is 17.4 Å². The van der Waals surface area contributed by atoms with Gasteiger partial charge in [-0.25, -0.2) is 9.07 Å². The summed E-state index contributed by atoms with van der Waals surface area (Å²) in [6, 6.07) is 19.7. The van der Waals surface area contributed by atoms with Gasteiger partial charge in [-0.3, -0.25) is 0 Å². The number of ether oxygens (including phenoxy) is 3. The van der Waals surface area contributed by atoms with Gasteiger partial charge in [0.15, 0.2) is 11.5 Å². The molecule has 6 rings (SSSR count). The Balaban J connectivity index is 1.61. The van der Waals surface area contributed by atoms with Gasteiger partial charge in [-0.05, 0) is 47.5 Å². The minimum atomic E-state index is -0.478. The molecule has 1 N–H and O–H groups in total. The molecule has 2 aliphatic heterocycles. The molecule has 34 heavy (non-hydrogen) atoms. The highest BCUT2D eigenvalue weighted by Gasteiger charge is 2.41. The number of anilines is 1. The van der Waals surface area contributed by atoms with Crippen LogP contribution in [0.3, 0.4) is 0 Å². The fraction of sp³-hybridized carbons (Fsp3) is 0.154. The molecule has 0 amide bonds. The Morgan fingerprint density at radius 2 is 1.71 bits per heavy atom. The number of halogens is 1. The molecule has 0 radical (unpaired) electrons. The number of hydrogen-bond donors (Lipinski definition) is 1. The van der Waals surface area contributed by atoms with Crippen LogP contribution in [0.4, 0.5) is 10.3 Å². The Labute approximate surface area is 195 Å². The third-order valence-corrected chi connectivity index (χ3v) is 6.22. The van der Waals surface area contributed by atoms with Gasteiger partial charge in [-0.1, -0.05) is 30.3 Å². The highest BCUT2D eigenvalue weighted by atomic mass is 19.1. The number of rotatable bonds is 4. The molecule has 0 spiro atoms. The maximum absolute atomic E-state index is 13.8. The number of nitrogens with one attached hydrogen (secondary N) is 1. The Kier molecular flexibility index (Phi) is 4.72. The van der Waals surface area contributed by atoms with Gasteiger partial charge in [-0.15, -0.1) is 0 Å². The van der Waals surface area contributed by atoms with Crippen molar-refractivity contribution >= 4 is 11.6 Å². The molecule has 2 atom stereocenters. The molecule has 8 heteroatoms. The van der Waals surface area contributed by atoms with Gasteiger partial charge in [0.1, 0.15) is 30.0 Å². The van der Waals surface area contributed by atoms with Crippen molar-refractivity contribution in [2.24, 2.45) is 0 Å². The van der Waals surface area contributed by atoms with E-state index in [2.05, 4.69) is 15.4 Å². The Hall–Kier alpha value is -4.33. The van der Waals surface area contributed by atoms with Gasteiger partial charge < -0.3 is 19.5 Å². The lowest BCUT2D eigenvalue weighted by atomic mass is 9.84. The van der Waals surface area contributed by atoms with Crippen molar-refractivity contribution in [3.8, 4) is 17.2 Å². The third kappa shape index (κ3) is 3.10. The van der Waals surface area contributed by atoms with Crippen LogP contribution in [-0.4, -0.2) is 29.0 Å². The van der Waals surface area contributed by atoms with Crippen molar-refractivity contribution < 1.29 is 18.6 Å². The summed E-state index contributed by atoms with van der Waals surface area (Å²) in [5.41, 5.74) is 4.52. The largest absolute Gasteiger partial charge is 0.493 e. The third-order valence-electron chi connectivity index (χ3n) is 6.22. The van der Waals surface area contributed by atoms with Gasteiger partial charge >= 0.3 is 0 Å². The molecule has 3 aromatic carbocycles. The number of methoxy groups -OCH3 is 2. The lowest BCUT2D eigenvalue weighted by Gasteiger charge is -2.39. The maximum atomic E-state index is 13.8. The van der Waals surface area contributed by atoms with Crippen molar-refractivity contribution in [1.82, 2.24) is 14.8 Å². The second-order valence-electron chi connectivity index (χ2n) is 8.05. The monoisotopic (exact) mass is 456 g/mol. The Morgan fingerprint density at radius 1 is 0.941 bits per heavy atom. The first-order valence-corrected chi connectivity index (χ1v) is 10.8. The van der Waals surface area contributed by atoms with Gasteiger partial charge in [-0.2, -0.15) is 10.1 Å². The summed E-state index contributed by atoms with van der Waals surface area (Å²) in [4.78, 5) is 4.44. The molecule has 7 nitrogen and oxygen atoms in total. The van der Waals surface area contributed by atoms with Gasteiger partial charge in [0.25, 0.3) is 0 Å². The molecule has 0 unspecified atom stereocenters. The molecule has 0 aliphatic carbocycles. The quantitative estimate of drug-likeness (QED) is 0.466. The molecule has 0 saturated carbocycles. The first-order chi connectivity index (χ1) is 16.7. The van der Waals surface area contributed by atoms with Crippen molar-refractivity contribution in [2.45, 2.75) is 12.1 Å². The number of para-hydroxylation sites is 1. The number of nitrogens with zero attached hydrogens (tertiary/aromatic N) is 3. The van der Waals surface area contributed by atoms with Crippen LogP contribution in [-0.2, 0) is 0 Å². The number of benzene rings is 3. The van der Waals surface area contributed by atoms with Crippen molar-refractivity contribution in [3.63, 3.8) is 0 Å². The summed E-state index contributed by atoms with van der Waals surface area (Å²) in [7, 11) is 3.21. The van der Waals surface area contributed by atoms with E-state index in [4.69, 9.17) is 14.2 Å². The van der Waals surface area contributed by atoms with E-state index >= 15 is 0 Å². The molecule has 3 heterocycles. The molecule has 4 aromatic rings. The fourth-order valence-electron chi connectivity index (χ4n) is 4.67. The average molecular weight is 456 g/mol. The van der Waals surface area contributed by atoms with E-state index in [9.17, 15) is 4.39 Å². The van der Waals surface area contributed by atoms with E-state index in [1.807, 2.05) is 47.1 Å². The SMILES string of the molecule is COc1ccc([C@H]2C3=C(Nc4ncnn42)c2ccccc2O[C@H]3c2ccc(F)cc2)cc1OC. The van der Waals surface area contributed by atoms with Crippen LogP contribution < -0.4 is 19.5 Å². The summed E-state index contributed by atoms with van der Waals surface area (Å²) in [6.07, 6.45) is 1.04. The van der Waals surface area contributed by atoms with Gasteiger partial charge in [0, 0.05) is 11.1 Å². The van der Waals surface area contributed by atoms with Crippen LogP contribution in [0.25, 0.3) is 5.70 Å². The van der Waals surface area contributed by atoms with E-state index < -0.39 is 6.10 Å². The number of aromatic nitrogens is 3. The predicted octanol–water partition coefficient (Wildman–Crippen LogP) is 4.99. The molecule has 0 bridgehead atoms. The van der Waals surface area contributed by atoms with E-state index in [0.717, 1.165) is 33.7 Å². The summed E-state index contributed by atoms with van der Waals surface area (Å²) >= 11 is 0. The van der Waals surface area contributed by atoms with Crippen molar-refractivity contribution in [3.05, 3.63) is 101 Å². The summed E-state index contributed by atoms with van der Waals surface area (Å²) in [5.74, 6) is 2.30. The molecular weight excluding hydrogens is 435 g/mol. The lowest BCUT2D eigenvalue weighted by molar-refractivity contribution is 0.223. The zero-order chi connectivity index (χ0) is 23.2. The van der Waals surface area contributed by atoms with Crippen molar-refractivity contribution in [2.75, 3.05) is 19.5 Å². The minimum absolute atomic E-state index is 0.300. The average Bonchev–Trinajstić information content (AvgIpc) is 3.35. The smallest absolute Gasteiger partial charge is 0.226 e. The molecule has 1 aromatic heterocycles. The van der Waals surface area contributed by atoms with E-state index in [1.54, 1.807) is 26.4 Å². The molecule has 0 saturated heterocycles. The summed E-state index contributed by atoms with van der Waals surface area (Å²) in [5, 5.41) is 7.98. The first kappa shape index (κ1) is 20.3. The van der Waals surface area contributed by atoms with E-state index in [1.165, 1.54) is 18.5 Å². The maximum Gasteiger partial charge on any atom is 0.226 e. The van der Waals surface area contributed by atoms with Crippen LogP contribution in [0, 0.1) is 5.82 Å². The second-order valence-corrected chi connectivity index (χ2v) is 8.05. The standard InChI is InChI=1S/C26H21FN4O3/c1-32-20-12-9-16(13-21(20)33-2)24-22-23(30-26-28-14-29-31(24)26)18-5-3-4-6-19(18)34-25(22)15-7-10-17(27)11-8-15/h3-14,24-25H,1-2H3,(H,28,29,30)/t24-,25-/m0/s1. The van der Waals surface area contributed by atoms with E-state index in [-0.39, 0.29) is 11.9 Å². The fourth-order valence-corrected chi connectivity index (χ4v) is 4.67. The predicted molar refractivity (Wildman–Crippen MR) is 124 cm³/mol. The van der Waals surface area contributed by atoms with Crippen LogP contribution >= 0.6 is 0 Å². The molecule has 0 fully saturated rings. The zero-order valence-electron chi connectivity index (χ0n) is 18.5. The molecule has 2 aliphatic rings. The molecule has 170 valence electrons. The molecular formula is C26H21FN4O3. The Morgan fingerprint density at radius 3 is 2.50 bits per heavy atom. The zero-order valence-corrected chi connectivity index (χ0v) is 18.5. The lowest BCUT2D eigenvalue weighted by Crippen LogP contribution is -2.32. The first-order valence-electron chi connectivity index (χ1n) is 10.8. The van der Waals surface area contributed by atoms with Crippen LogP contribution in [0.15, 0.2) is 78.6 Å². The number of hydrogen-bond acceptors (Lipinski definition) is 6. The number of fused-ring (bicyclic) bond motifs is 3. The van der Waals surface area contributed by atoms with Gasteiger partial charge in [0.2, 0.25) is 5.95 Å². The Bertz CT molecular complexity index is 1410. The normalized spacial score (nSPS) is 18.2. The highest BCUT2D eigenvalue weighted by Crippen LogP contribution is 2.51. The van der Waals surface area contributed by atoms with Crippen LogP contribution in [0.5, 0.6) is 17.2 Å². The van der Waals surface area contributed by atoms with Crippen LogP contribution in [0.2, 0.25) is 0 Å².